The summed E-state index contributed by atoms with van der Waals surface area (Å²) >= 11 is 11.8. The normalized spacial score (nSPS) is 18.1. The van der Waals surface area contributed by atoms with Crippen LogP contribution in [0.1, 0.15) is 17.9 Å². The van der Waals surface area contributed by atoms with E-state index in [0.29, 0.717) is 12.1 Å². The van der Waals surface area contributed by atoms with E-state index in [-0.39, 0.29) is 21.7 Å². The Bertz CT molecular complexity index is 901. The molecule has 0 radical (unpaired) electrons. The lowest BCUT2D eigenvalue weighted by Gasteiger charge is -2.09. The molecule has 1 aliphatic rings. The van der Waals surface area contributed by atoms with Crippen molar-refractivity contribution in [2.45, 2.75) is 12.3 Å². The Kier molecular flexibility index (Phi) is 5.15. The van der Waals surface area contributed by atoms with Gasteiger partial charge in [0.1, 0.15) is 0 Å². The number of hydrogen-bond acceptors (Lipinski definition) is 3. The Morgan fingerprint density at radius 2 is 1.69 bits per heavy atom. The number of amides is 2. The third-order valence-corrected chi connectivity index (χ3v) is 4.91. The van der Waals surface area contributed by atoms with Gasteiger partial charge in [-0.15, -0.1) is 0 Å². The Balaban J connectivity index is 1.65. The molecule has 2 aromatic rings. The molecule has 0 heterocycles. The van der Waals surface area contributed by atoms with Crippen molar-refractivity contribution < 1.29 is 19.5 Å². The molecule has 0 bridgehead atoms. The predicted molar refractivity (Wildman–Crippen MR) is 98.6 cm³/mol. The van der Waals surface area contributed by atoms with Crippen molar-refractivity contribution in [2.24, 2.45) is 5.92 Å². The van der Waals surface area contributed by atoms with Gasteiger partial charge in [-0.3, -0.25) is 14.4 Å². The number of halogens is 2. The number of carboxylic acids is 1. The van der Waals surface area contributed by atoms with Gasteiger partial charge in [0.25, 0.3) is 0 Å². The van der Waals surface area contributed by atoms with Gasteiger partial charge in [0, 0.05) is 5.69 Å². The lowest BCUT2D eigenvalue weighted by Crippen LogP contribution is -2.29. The number of aliphatic carboxylic acids is 1. The lowest BCUT2D eigenvalue weighted by atomic mass is 10.1. The van der Waals surface area contributed by atoms with Crippen LogP contribution in [0.3, 0.4) is 0 Å². The van der Waals surface area contributed by atoms with E-state index in [9.17, 15) is 14.4 Å². The molecular formula is C18H14Cl2N2O4. The van der Waals surface area contributed by atoms with Crippen LogP contribution in [0.5, 0.6) is 0 Å². The van der Waals surface area contributed by atoms with Gasteiger partial charge in [0.2, 0.25) is 0 Å². The number of hydrogen-bond donors (Lipinski definition) is 3. The highest BCUT2D eigenvalue weighted by atomic mass is 35.5. The minimum Gasteiger partial charge on any atom is -0.481 e. The fraction of sp³-hybridized carbons (Fsp3) is 0.167. The summed E-state index contributed by atoms with van der Waals surface area (Å²) in [4.78, 5) is 35.1. The molecule has 0 aromatic heterocycles. The first-order valence-electron chi connectivity index (χ1n) is 7.76. The van der Waals surface area contributed by atoms with Gasteiger partial charge in [-0.1, -0.05) is 41.4 Å². The molecule has 2 amide bonds. The van der Waals surface area contributed by atoms with Gasteiger partial charge >= 0.3 is 17.8 Å². The number of benzene rings is 2. The van der Waals surface area contributed by atoms with Crippen LogP contribution in [-0.4, -0.2) is 22.9 Å². The first kappa shape index (κ1) is 18.2. The van der Waals surface area contributed by atoms with Gasteiger partial charge in [0.15, 0.2) is 0 Å². The van der Waals surface area contributed by atoms with Crippen molar-refractivity contribution >= 4 is 52.4 Å². The summed E-state index contributed by atoms with van der Waals surface area (Å²) < 4.78 is 0. The zero-order chi connectivity index (χ0) is 18.8. The SMILES string of the molecule is O=C(Nc1cccc(C2CC2C(=O)O)c1)C(=O)Nc1cccc(Cl)c1Cl. The van der Waals surface area contributed by atoms with E-state index in [4.69, 9.17) is 28.3 Å². The predicted octanol–water partition coefficient (Wildman–Crippen LogP) is 3.76. The summed E-state index contributed by atoms with van der Waals surface area (Å²) in [6.45, 7) is 0. The maximum Gasteiger partial charge on any atom is 0.314 e. The maximum atomic E-state index is 12.1. The van der Waals surface area contributed by atoms with Gasteiger partial charge in [-0.25, -0.2) is 0 Å². The Labute approximate surface area is 159 Å². The maximum absolute atomic E-state index is 12.1. The van der Waals surface area contributed by atoms with Crippen LogP contribution in [0.4, 0.5) is 11.4 Å². The molecule has 1 aliphatic carbocycles. The average molecular weight is 393 g/mol. The summed E-state index contributed by atoms with van der Waals surface area (Å²) in [7, 11) is 0. The minimum atomic E-state index is -0.894. The van der Waals surface area contributed by atoms with Crippen molar-refractivity contribution in [3.05, 3.63) is 58.1 Å². The molecule has 3 N–H and O–H groups in total. The monoisotopic (exact) mass is 392 g/mol. The molecule has 26 heavy (non-hydrogen) atoms. The highest BCUT2D eigenvalue weighted by Crippen LogP contribution is 2.47. The van der Waals surface area contributed by atoms with Crippen LogP contribution in [0.25, 0.3) is 0 Å². The fourth-order valence-corrected chi connectivity index (χ4v) is 3.00. The molecule has 0 aliphatic heterocycles. The van der Waals surface area contributed by atoms with E-state index in [2.05, 4.69) is 10.6 Å². The number of carbonyl (C=O) groups excluding carboxylic acids is 2. The summed E-state index contributed by atoms with van der Waals surface area (Å²) in [5, 5.41) is 14.3. The van der Waals surface area contributed by atoms with Gasteiger partial charge < -0.3 is 15.7 Å². The molecular weight excluding hydrogens is 379 g/mol. The van der Waals surface area contributed by atoms with Crippen LogP contribution in [0.15, 0.2) is 42.5 Å². The van der Waals surface area contributed by atoms with Gasteiger partial charge in [-0.2, -0.15) is 0 Å². The van der Waals surface area contributed by atoms with E-state index in [1.165, 1.54) is 6.07 Å². The molecule has 1 saturated carbocycles. The number of carboxylic acid groups (broad SMARTS) is 1. The van der Waals surface area contributed by atoms with Gasteiger partial charge in [0.05, 0.1) is 21.7 Å². The number of carbonyl (C=O) groups is 3. The molecule has 134 valence electrons. The largest absolute Gasteiger partial charge is 0.481 e. The summed E-state index contributed by atoms with van der Waals surface area (Å²) in [5.41, 5.74) is 1.46. The topological polar surface area (TPSA) is 95.5 Å². The molecule has 2 aromatic carbocycles. The Morgan fingerprint density at radius 3 is 2.38 bits per heavy atom. The van der Waals surface area contributed by atoms with Crippen LogP contribution < -0.4 is 10.6 Å². The van der Waals surface area contributed by atoms with Crippen LogP contribution in [0.2, 0.25) is 10.0 Å². The standard InChI is InChI=1S/C18H14Cl2N2O4/c19-13-5-2-6-14(15(13)20)22-17(24)16(23)21-10-4-1-3-9(7-10)11-8-12(11)18(25)26/h1-7,11-12H,8H2,(H,21,23)(H,22,24)(H,25,26). The molecule has 2 unspecified atom stereocenters. The summed E-state index contributed by atoms with van der Waals surface area (Å²) in [5.74, 6) is -3.06. The minimum absolute atomic E-state index is 0.0663. The first-order chi connectivity index (χ1) is 12.4. The van der Waals surface area contributed by atoms with E-state index < -0.39 is 23.7 Å². The summed E-state index contributed by atoms with van der Waals surface area (Å²) in [6, 6.07) is 11.5. The van der Waals surface area contributed by atoms with E-state index in [1.807, 2.05) is 0 Å². The van der Waals surface area contributed by atoms with E-state index in [1.54, 1.807) is 36.4 Å². The third kappa shape index (κ3) is 3.98. The number of anilines is 2. The Hall–Kier alpha value is -2.57. The van der Waals surface area contributed by atoms with Crippen molar-refractivity contribution in [3.63, 3.8) is 0 Å². The van der Waals surface area contributed by atoms with Crippen molar-refractivity contribution in [2.75, 3.05) is 10.6 Å². The second-order valence-electron chi connectivity index (χ2n) is 5.92. The average Bonchev–Trinajstić information content (AvgIpc) is 3.40. The second-order valence-corrected chi connectivity index (χ2v) is 6.71. The molecule has 6 nitrogen and oxygen atoms in total. The zero-order valence-electron chi connectivity index (χ0n) is 13.3. The van der Waals surface area contributed by atoms with Crippen molar-refractivity contribution in [1.29, 1.82) is 0 Å². The smallest absolute Gasteiger partial charge is 0.314 e. The van der Waals surface area contributed by atoms with Crippen LogP contribution in [0, 0.1) is 5.92 Å². The van der Waals surface area contributed by atoms with Crippen molar-refractivity contribution in [3.8, 4) is 0 Å². The third-order valence-electron chi connectivity index (χ3n) is 4.09. The van der Waals surface area contributed by atoms with E-state index in [0.717, 1.165) is 5.56 Å². The molecule has 0 saturated heterocycles. The van der Waals surface area contributed by atoms with E-state index >= 15 is 0 Å². The highest BCUT2D eigenvalue weighted by Gasteiger charge is 2.44. The Morgan fingerprint density at radius 1 is 1.00 bits per heavy atom. The number of rotatable bonds is 4. The molecule has 2 atom stereocenters. The zero-order valence-corrected chi connectivity index (χ0v) is 14.8. The summed E-state index contributed by atoms with van der Waals surface area (Å²) in [6.07, 6.45) is 0.570. The fourth-order valence-electron chi connectivity index (χ4n) is 2.65. The van der Waals surface area contributed by atoms with Crippen molar-refractivity contribution in [1.82, 2.24) is 0 Å². The van der Waals surface area contributed by atoms with Crippen LogP contribution >= 0.6 is 23.2 Å². The molecule has 8 heteroatoms. The molecule has 1 fully saturated rings. The van der Waals surface area contributed by atoms with Crippen LogP contribution in [-0.2, 0) is 14.4 Å². The van der Waals surface area contributed by atoms with Gasteiger partial charge in [-0.05, 0) is 42.2 Å². The quantitative estimate of drug-likeness (QED) is 0.690. The highest BCUT2D eigenvalue weighted by molar-refractivity contribution is 6.47. The number of nitrogens with one attached hydrogen (secondary N) is 2. The molecule has 3 rings (SSSR count). The first-order valence-corrected chi connectivity index (χ1v) is 8.51. The second kappa shape index (κ2) is 7.35. The lowest BCUT2D eigenvalue weighted by molar-refractivity contribution is -0.138. The molecule has 0 spiro atoms.